The van der Waals surface area contributed by atoms with E-state index in [-0.39, 0.29) is 0 Å². The number of likely N-dealkylation sites (tertiary alicyclic amines) is 1. The van der Waals surface area contributed by atoms with Crippen LogP contribution in [0.1, 0.15) is 19.3 Å². The Morgan fingerprint density at radius 3 is 2.73 bits per heavy atom. The molecule has 1 saturated heterocycles. The Bertz CT molecular complexity index is 112. The zero-order chi connectivity index (χ0) is 8.27. The standard InChI is InChI=1S/C9H19N2/c1-10(2)8-9-6-4-5-7-11(9)3/h9H,3-8H2,1-2H3/q-1. The molecule has 1 heterocycles. The van der Waals surface area contributed by atoms with Gasteiger partial charge in [-0.3, -0.25) is 7.05 Å². The molecule has 1 atom stereocenters. The highest BCUT2D eigenvalue weighted by Gasteiger charge is 2.14. The van der Waals surface area contributed by atoms with Crippen molar-refractivity contribution in [2.45, 2.75) is 25.3 Å². The maximum absolute atomic E-state index is 4.04. The van der Waals surface area contributed by atoms with Gasteiger partial charge in [-0.25, -0.2) is 0 Å². The highest BCUT2D eigenvalue weighted by Crippen LogP contribution is 2.15. The van der Waals surface area contributed by atoms with E-state index in [1.807, 2.05) is 0 Å². The van der Waals surface area contributed by atoms with Gasteiger partial charge in [0.25, 0.3) is 0 Å². The summed E-state index contributed by atoms with van der Waals surface area (Å²) in [6, 6.07) is 0.693. The summed E-state index contributed by atoms with van der Waals surface area (Å²) in [6.07, 6.45) is 4.03. The van der Waals surface area contributed by atoms with E-state index >= 15 is 0 Å². The van der Waals surface area contributed by atoms with Crippen molar-refractivity contribution in [3.8, 4) is 0 Å². The first-order chi connectivity index (χ1) is 5.20. The number of hydrogen-bond donors (Lipinski definition) is 0. The summed E-state index contributed by atoms with van der Waals surface area (Å²) in [5, 5.41) is 0. The van der Waals surface area contributed by atoms with E-state index in [0.717, 1.165) is 6.54 Å². The Hall–Kier alpha value is -0.0800. The fourth-order valence-electron chi connectivity index (χ4n) is 1.69. The van der Waals surface area contributed by atoms with Crippen LogP contribution in [0.25, 0.3) is 0 Å². The normalized spacial score (nSPS) is 27.8. The van der Waals surface area contributed by atoms with Gasteiger partial charge in [-0.15, -0.1) is 0 Å². The second-order valence-corrected chi connectivity index (χ2v) is 3.72. The summed E-state index contributed by atoms with van der Waals surface area (Å²) in [5.74, 6) is 0. The number of nitrogens with zero attached hydrogens (tertiary/aromatic N) is 2. The van der Waals surface area contributed by atoms with Crippen molar-refractivity contribution < 1.29 is 0 Å². The highest BCUT2D eigenvalue weighted by molar-refractivity contribution is 4.77. The van der Waals surface area contributed by atoms with Gasteiger partial charge in [0.15, 0.2) is 0 Å². The molecule has 0 saturated carbocycles. The number of rotatable bonds is 2. The summed E-state index contributed by atoms with van der Waals surface area (Å²) >= 11 is 0. The van der Waals surface area contributed by atoms with Crippen LogP contribution >= 0.6 is 0 Å². The molecule has 0 N–H and O–H groups in total. The lowest BCUT2D eigenvalue weighted by Gasteiger charge is -2.40. The van der Waals surface area contributed by atoms with Crippen LogP contribution in [-0.2, 0) is 0 Å². The molecule has 1 unspecified atom stereocenters. The number of piperidine rings is 1. The SMILES string of the molecule is [CH2-]N1CCCCC1CN(C)C. The van der Waals surface area contributed by atoms with E-state index in [0.29, 0.717) is 6.04 Å². The molecule has 0 amide bonds. The minimum Gasteiger partial charge on any atom is -0.456 e. The van der Waals surface area contributed by atoms with Gasteiger partial charge in [0.1, 0.15) is 0 Å². The average molecular weight is 155 g/mol. The van der Waals surface area contributed by atoms with Crippen molar-refractivity contribution in [3.63, 3.8) is 0 Å². The molecule has 0 aromatic rings. The molecule has 0 aromatic heterocycles. The van der Waals surface area contributed by atoms with Gasteiger partial charge >= 0.3 is 0 Å². The molecule has 1 fully saturated rings. The van der Waals surface area contributed by atoms with Gasteiger partial charge in [-0.05, 0) is 39.5 Å². The summed E-state index contributed by atoms with van der Waals surface area (Å²) in [4.78, 5) is 4.48. The second-order valence-electron chi connectivity index (χ2n) is 3.72. The summed E-state index contributed by atoms with van der Waals surface area (Å²) in [7, 11) is 8.29. The molecule has 2 heteroatoms. The number of likely N-dealkylation sites (N-methyl/N-ethyl adjacent to an activating group) is 1. The monoisotopic (exact) mass is 155 g/mol. The molecule has 1 rings (SSSR count). The predicted octanol–water partition coefficient (Wildman–Crippen LogP) is 1.19. The molecule has 2 nitrogen and oxygen atoms in total. The van der Waals surface area contributed by atoms with E-state index in [1.54, 1.807) is 0 Å². The largest absolute Gasteiger partial charge is 0.456 e. The Morgan fingerprint density at radius 1 is 1.45 bits per heavy atom. The van der Waals surface area contributed by atoms with E-state index in [2.05, 4.69) is 30.9 Å². The molecule has 11 heavy (non-hydrogen) atoms. The smallest absolute Gasteiger partial charge is 0.0108 e. The third-order valence-corrected chi connectivity index (χ3v) is 2.32. The maximum atomic E-state index is 4.04. The second kappa shape index (κ2) is 4.07. The van der Waals surface area contributed by atoms with Crippen LogP contribution in [-0.4, -0.2) is 43.0 Å². The number of hydrogen-bond acceptors (Lipinski definition) is 2. The maximum Gasteiger partial charge on any atom is 0.0108 e. The lowest BCUT2D eigenvalue weighted by atomic mass is 10.0. The fraction of sp³-hybridized carbons (Fsp3) is 0.889. The summed E-state index contributed by atoms with van der Waals surface area (Å²) in [5.41, 5.74) is 0. The molecular formula is C9H19N2-. The topological polar surface area (TPSA) is 6.48 Å². The average Bonchev–Trinajstić information content (AvgIpc) is 1.93. The quantitative estimate of drug-likeness (QED) is 0.553. The van der Waals surface area contributed by atoms with Crippen molar-refractivity contribution in [2.75, 3.05) is 27.2 Å². The van der Waals surface area contributed by atoms with Gasteiger partial charge in [0.2, 0.25) is 0 Å². The van der Waals surface area contributed by atoms with Gasteiger partial charge in [0.05, 0.1) is 0 Å². The van der Waals surface area contributed by atoms with Crippen molar-refractivity contribution >= 4 is 0 Å². The molecular weight excluding hydrogens is 136 g/mol. The molecule has 0 bridgehead atoms. The highest BCUT2D eigenvalue weighted by atomic mass is 15.2. The van der Waals surface area contributed by atoms with E-state index in [9.17, 15) is 0 Å². The third-order valence-electron chi connectivity index (χ3n) is 2.32. The first-order valence-corrected chi connectivity index (χ1v) is 4.42. The van der Waals surface area contributed by atoms with Crippen LogP contribution in [0.2, 0.25) is 0 Å². The molecule has 0 radical (unpaired) electrons. The summed E-state index contributed by atoms with van der Waals surface area (Å²) < 4.78 is 0. The van der Waals surface area contributed by atoms with Crippen molar-refractivity contribution in [1.29, 1.82) is 0 Å². The van der Waals surface area contributed by atoms with E-state index in [1.165, 1.54) is 25.8 Å². The van der Waals surface area contributed by atoms with Crippen LogP contribution in [0, 0.1) is 7.05 Å². The molecule has 0 aliphatic carbocycles. The van der Waals surface area contributed by atoms with Crippen LogP contribution in [0.15, 0.2) is 0 Å². The molecule has 0 spiro atoms. The molecule has 0 aromatic carbocycles. The minimum atomic E-state index is 0.693. The Labute approximate surface area is 70.2 Å². The molecule has 1 aliphatic heterocycles. The van der Waals surface area contributed by atoms with Gasteiger partial charge in [-0.2, -0.15) is 0 Å². The van der Waals surface area contributed by atoms with Crippen LogP contribution in [0.5, 0.6) is 0 Å². The van der Waals surface area contributed by atoms with Crippen LogP contribution in [0.3, 0.4) is 0 Å². The summed E-state index contributed by atoms with van der Waals surface area (Å²) in [6.45, 7) is 2.34. The van der Waals surface area contributed by atoms with Crippen molar-refractivity contribution in [3.05, 3.63) is 7.05 Å². The molecule has 1 aliphatic rings. The van der Waals surface area contributed by atoms with Gasteiger partial charge < -0.3 is 9.80 Å². The first kappa shape index (κ1) is 9.01. The van der Waals surface area contributed by atoms with Crippen molar-refractivity contribution in [1.82, 2.24) is 9.80 Å². The Balaban J connectivity index is 2.29. The Morgan fingerprint density at radius 2 is 2.18 bits per heavy atom. The van der Waals surface area contributed by atoms with E-state index < -0.39 is 0 Å². The Kier molecular flexibility index (Phi) is 3.34. The van der Waals surface area contributed by atoms with Gasteiger partial charge in [-0.1, -0.05) is 6.42 Å². The lowest BCUT2D eigenvalue weighted by Crippen LogP contribution is -2.41. The minimum absolute atomic E-state index is 0.693. The zero-order valence-corrected chi connectivity index (χ0v) is 7.71. The van der Waals surface area contributed by atoms with Crippen LogP contribution in [0.4, 0.5) is 0 Å². The predicted molar refractivity (Wildman–Crippen MR) is 48.3 cm³/mol. The fourth-order valence-corrected chi connectivity index (χ4v) is 1.69. The van der Waals surface area contributed by atoms with E-state index in [4.69, 9.17) is 0 Å². The zero-order valence-electron chi connectivity index (χ0n) is 7.71. The first-order valence-electron chi connectivity index (χ1n) is 4.42. The third kappa shape index (κ3) is 2.80. The van der Waals surface area contributed by atoms with Gasteiger partial charge in [0, 0.05) is 6.54 Å². The van der Waals surface area contributed by atoms with Crippen LogP contribution < -0.4 is 0 Å². The van der Waals surface area contributed by atoms with Crippen molar-refractivity contribution in [2.24, 2.45) is 0 Å². The molecule has 66 valence electrons. The lowest BCUT2D eigenvalue weighted by molar-refractivity contribution is 0.170.